The van der Waals surface area contributed by atoms with E-state index in [1.165, 1.54) is 6.92 Å². The number of carbonyl (C=O) groups excluding carboxylic acids is 1. The first kappa shape index (κ1) is 10.3. The fraction of sp³-hybridized carbons (Fsp3) is 0.125. The highest BCUT2D eigenvalue weighted by Gasteiger charge is 2.10. The van der Waals surface area contributed by atoms with Gasteiger partial charge in [0.25, 0.3) is 0 Å². The van der Waals surface area contributed by atoms with Crippen LogP contribution in [0.3, 0.4) is 0 Å². The Balaban J connectivity index is 3.36. The van der Waals surface area contributed by atoms with Crippen molar-refractivity contribution in [2.75, 3.05) is 0 Å². The maximum absolute atomic E-state index is 11.0. The SMILES string of the molecule is CC(=O)c1ccc(I)c(Cl)c1Cl. The molecule has 0 heterocycles. The lowest BCUT2D eigenvalue weighted by atomic mass is 10.1. The minimum Gasteiger partial charge on any atom is -0.294 e. The number of benzene rings is 1. The third kappa shape index (κ3) is 1.92. The van der Waals surface area contributed by atoms with Crippen LogP contribution in [0.25, 0.3) is 0 Å². The molecule has 0 saturated heterocycles. The minimum atomic E-state index is -0.0710. The molecule has 64 valence electrons. The van der Waals surface area contributed by atoms with Gasteiger partial charge < -0.3 is 0 Å². The van der Waals surface area contributed by atoms with Crippen molar-refractivity contribution in [3.05, 3.63) is 31.3 Å². The average molecular weight is 315 g/mol. The van der Waals surface area contributed by atoms with Gasteiger partial charge in [-0.3, -0.25) is 4.79 Å². The molecule has 4 heteroatoms. The molecule has 0 fully saturated rings. The first-order valence-corrected chi connectivity index (χ1v) is 5.02. The lowest BCUT2D eigenvalue weighted by molar-refractivity contribution is 0.101. The summed E-state index contributed by atoms with van der Waals surface area (Å²) < 4.78 is 0.851. The lowest BCUT2D eigenvalue weighted by Gasteiger charge is -2.02. The summed E-state index contributed by atoms with van der Waals surface area (Å²) in [4.78, 5) is 11.0. The molecule has 1 aromatic carbocycles. The first-order chi connectivity index (χ1) is 5.54. The third-order valence-electron chi connectivity index (χ3n) is 1.41. The number of hydrogen-bond donors (Lipinski definition) is 0. The molecule has 1 aromatic rings. The number of ketones is 1. The van der Waals surface area contributed by atoms with E-state index in [-0.39, 0.29) is 5.78 Å². The second-order valence-electron chi connectivity index (χ2n) is 2.28. The van der Waals surface area contributed by atoms with Gasteiger partial charge in [0.1, 0.15) is 0 Å². The second kappa shape index (κ2) is 3.94. The zero-order valence-electron chi connectivity index (χ0n) is 6.20. The van der Waals surface area contributed by atoms with E-state index in [0.717, 1.165) is 3.57 Å². The molecule has 0 bridgehead atoms. The second-order valence-corrected chi connectivity index (χ2v) is 4.20. The molecule has 0 saturated carbocycles. The van der Waals surface area contributed by atoms with E-state index in [9.17, 15) is 4.79 Å². The molecule has 0 spiro atoms. The summed E-state index contributed by atoms with van der Waals surface area (Å²) in [5.74, 6) is -0.0710. The van der Waals surface area contributed by atoms with Gasteiger partial charge in [-0.25, -0.2) is 0 Å². The summed E-state index contributed by atoms with van der Waals surface area (Å²) in [6, 6.07) is 3.45. The van der Waals surface area contributed by atoms with Gasteiger partial charge in [-0.2, -0.15) is 0 Å². The van der Waals surface area contributed by atoms with Crippen molar-refractivity contribution < 1.29 is 4.79 Å². The van der Waals surface area contributed by atoms with Gasteiger partial charge in [0.15, 0.2) is 5.78 Å². The number of rotatable bonds is 1. The Bertz CT molecular complexity index is 336. The number of hydrogen-bond acceptors (Lipinski definition) is 1. The summed E-state index contributed by atoms with van der Waals surface area (Å²) in [7, 11) is 0. The van der Waals surface area contributed by atoms with E-state index in [0.29, 0.717) is 15.6 Å². The van der Waals surface area contributed by atoms with Crippen molar-refractivity contribution in [1.29, 1.82) is 0 Å². The molecule has 0 radical (unpaired) electrons. The van der Waals surface area contributed by atoms with Crippen LogP contribution < -0.4 is 0 Å². The molecule has 0 atom stereocenters. The van der Waals surface area contributed by atoms with Gasteiger partial charge in [0.2, 0.25) is 0 Å². The van der Waals surface area contributed by atoms with Crippen molar-refractivity contribution in [1.82, 2.24) is 0 Å². The monoisotopic (exact) mass is 314 g/mol. The smallest absolute Gasteiger partial charge is 0.161 e. The number of Topliss-reactive ketones (excluding diaryl/α,β-unsaturated/α-hetero) is 1. The highest BCUT2D eigenvalue weighted by atomic mass is 127. The fourth-order valence-electron chi connectivity index (χ4n) is 0.798. The Hall–Kier alpha value is 0.200. The van der Waals surface area contributed by atoms with Crippen molar-refractivity contribution >= 4 is 51.6 Å². The van der Waals surface area contributed by atoms with Gasteiger partial charge in [-0.1, -0.05) is 23.2 Å². The van der Waals surface area contributed by atoms with E-state index >= 15 is 0 Å². The Labute approximate surface area is 94.2 Å². The highest BCUT2D eigenvalue weighted by Crippen LogP contribution is 2.30. The van der Waals surface area contributed by atoms with Crippen LogP contribution in [-0.4, -0.2) is 5.78 Å². The molecule has 1 nitrogen and oxygen atoms in total. The first-order valence-electron chi connectivity index (χ1n) is 3.18. The highest BCUT2D eigenvalue weighted by molar-refractivity contribution is 14.1. The Morgan fingerprint density at radius 2 is 1.92 bits per heavy atom. The molecule has 0 N–H and O–H groups in total. The topological polar surface area (TPSA) is 17.1 Å². The lowest BCUT2D eigenvalue weighted by Crippen LogP contribution is -1.94. The van der Waals surface area contributed by atoms with Crippen molar-refractivity contribution in [2.24, 2.45) is 0 Å². The predicted molar refractivity (Wildman–Crippen MR) is 59.2 cm³/mol. The van der Waals surface area contributed by atoms with Crippen molar-refractivity contribution in [2.45, 2.75) is 6.92 Å². The summed E-state index contributed by atoms with van der Waals surface area (Å²) in [5, 5.41) is 0.793. The largest absolute Gasteiger partial charge is 0.294 e. The average Bonchev–Trinajstić information content (AvgIpc) is 2.00. The molecule has 0 amide bonds. The summed E-state index contributed by atoms with van der Waals surface area (Å²) in [5.41, 5.74) is 0.474. The maximum atomic E-state index is 11.0. The van der Waals surface area contributed by atoms with Crippen LogP contribution in [0.4, 0.5) is 0 Å². The molecule has 0 unspecified atom stereocenters. The molecule has 1 rings (SSSR count). The van der Waals surface area contributed by atoms with E-state index < -0.39 is 0 Å². The van der Waals surface area contributed by atoms with E-state index in [2.05, 4.69) is 22.6 Å². The molecular weight excluding hydrogens is 310 g/mol. The minimum absolute atomic E-state index is 0.0710. The van der Waals surface area contributed by atoms with Crippen LogP contribution in [0.1, 0.15) is 17.3 Å². The normalized spacial score (nSPS) is 10.0. The van der Waals surface area contributed by atoms with Crippen LogP contribution in [0.2, 0.25) is 10.0 Å². The standard InChI is InChI=1S/C8H5Cl2IO/c1-4(12)5-2-3-6(11)8(10)7(5)9/h2-3H,1H3. The third-order valence-corrected chi connectivity index (χ3v) is 3.51. The van der Waals surface area contributed by atoms with Crippen LogP contribution in [0, 0.1) is 3.57 Å². The molecular formula is C8H5Cl2IO. The van der Waals surface area contributed by atoms with Crippen LogP contribution in [0.15, 0.2) is 12.1 Å². The molecule has 0 aliphatic heterocycles. The van der Waals surface area contributed by atoms with Gasteiger partial charge >= 0.3 is 0 Å². The molecule has 12 heavy (non-hydrogen) atoms. The van der Waals surface area contributed by atoms with E-state index in [4.69, 9.17) is 23.2 Å². The van der Waals surface area contributed by atoms with Crippen LogP contribution >= 0.6 is 45.8 Å². The van der Waals surface area contributed by atoms with Crippen LogP contribution in [0.5, 0.6) is 0 Å². The summed E-state index contributed by atoms with van der Waals surface area (Å²) >= 11 is 13.7. The Kier molecular flexibility index (Phi) is 3.37. The Morgan fingerprint density at radius 3 is 2.42 bits per heavy atom. The Morgan fingerprint density at radius 1 is 1.33 bits per heavy atom. The van der Waals surface area contributed by atoms with Crippen molar-refractivity contribution in [3.8, 4) is 0 Å². The zero-order chi connectivity index (χ0) is 9.30. The maximum Gasteiger partial charge on any atom is 0.161 e. The van der Waals surface area contributed by atoms with E-state index in [1.54, 1.807) is 12.1 Å². The van der Waals surface area contributed by atoms with Gasteiger partial charge in [0.05, 0.1) is 10.0 Å². The van der Waals surface area contributed by atoms with Crippen LogP contribution in [-0.2, 0) is 0 Å². The molecule has 0 aliphatic rings. The molecule has 0 aliphatic carbocycles. The number of carbonyl (C=O) groups is 1. The van der Waals surface area contributed by atoms with Gasteiger partial charge in [0, 0.05) is 9.13 Å². The van der Waals surface area contributed by atoms with Crippen molar-refractivity contribution in [3.63, 3.8) is 0 Å². The quantitative estimate of drug-likeness (QED) is 0.438. The van der Waals surface area contributed by atoms with Gasteiger partial charge in [-0.15, -0.1) is 0 Å². The zero-order valence-corrected chi connectivity index (χ0v) is 9.87. The van der Waals surface area contributed by atoms with Gasteiger partial charge in [-0.05, 0) is 41.6 Å². The summed E-state index contributed by atoms with van der Waals surface area (Å²) in [6.45, 7) is 1.46. The number of halogens is 3. The fourth-order valence-corrected chi connectivity index (χ4v) is 1.87. The van der Waals surface area contributed by atoms with E-state index in [1.807, 2.05) is 0 Å². The predicted octanol–water partition coefficient (Wildman–Crippen LogP) is 3.80. The molecule has 0 aromatic heterocycles. The summed E-state index contributed by atoms with van der Waals surface area (Å²) in [6.07, 6.45) is 0.